The fourth-order valence-corrected chi connectivity index (χ4v) is 3.35. The van der Waals surface area contributed by atoms with Crippen LogP contribution in [0.4, 0.5) is 11.4 Å². The highest BCUT2D eigenvalue weighted by Crippen LogP contribution is 2.28. The first-order valence-corrected chi connectivity index (χ1v) is 9.46. The van der Waals surface area contributed by atoms with E-state index in [0.717, 1.165) is 11.4 Å². The number of hydrogen-bond acceptors (Lipinski definition) is 1. The molecule has 0 saturated heterocycles. The van der Waals surface area contributed by atoms with Crippen molar-refractivity contribution in [3.63, 3.8) is 0 Å². The van der Waals surface area contributed by atoms with Crippen LogP contribution in [-0.4, -0.2) is 0 Å². The second-order valence-corrected chi connectivity index (χ2v) is 8.10. The van der Waals surface area contributed by atoms with Crippen LogP contribution in [0.3, 0.4) is 0 Å². The molecule has 0 aliphatic rings. The molecule has 1 heteroatoms. The smallest absolute Gasteiger partial charge is 0.0387 e. The van der Waals surface area contributed by atoms with Gasteiger partial charge in [0, 0.05) is 11.4 Å². The fourth-order valence-electron chi connectivity index (χ4n) is 3.35. The first-order chi connectivity index (χ1) is 13.0. The molecule has 134 valence electrons. The van der Waals surface area contributed by atoms with Crippen molar-refractivity contribution in [1.29, 1.82) is 0 Å². The lowest BCUT2D eigenvalue weighted by atomic mass is 9.87. The first kappa shape index (κ1) is 17.4. The lowest BCUT2D eigenvalue weighted by Gasteiger charge is -2.20. The van der Waals surface area contributed by atoms with Crippen molar-refractivity contribution in [2.75, 3.05) is 5.32 Å². The molecule has 4 rings (SSSR count). The van der Waals surface area contributed by atoms with Gasteiger partial charge in [0.15, 0.2) is 0 Å². The van der Waals surface area contributed by atoms with Crippen molar-refractivity contribution in [3.05, 3.63) is 96.6 Å². The van der Waals surface area contributed by atoms with Gasteiger partial charge in [0.05, 0.1) is 0 Å². The summed E-state index contributed by atoms with van der Waals surface area (Å²) in [5, 5.41) is 6.08. The summed E-state index contributed by atoms with van der Waals surface area (Å²) in [5.74, 6) is 0. The Bertz CT molecular complexity index is 1070. The summed E-state index contributed by atoms with van der Waals surface area (Å²) in [7, 11) is 0. The topological polar surface area (TPSA) is 12.0 Å². The minimum atomic E-state index is 0.150. The van der Waals surface area contributed by atoms with Gasteiger partial charge in [0.1, 0.15) is 0 Å². The summed E-state index contributed by atoms with van der Waals surface area (Å²) in [6.07, 6.45) is 0. The molecular formula is C26H25N. The third-order valence-corrected chi connectivity index (χ3v) is 4.98. The van der Waals surface area contributed by atoms with E-state index in [-0.39, 0.29) is 5.41 Å². The predicted octanol–water partition coefficient (Wildman–Crippen LogP) is 7.55. The highest BCUT2D eigenvalue weighted by Gasteiger charge is 2.13. The van der Waals surface area contributed by atoms with Gasteiger partial charge in [-0.05, 0) is 63.2 Å². The van der Waals surface area contributed by atoms with Gasteiger partial charge < -0.3 is 5.32 Å². The molecule has 0 saturated carbocycles. The standard InChI is InChI=1S/C26H25N/c1-26(2,3)23-9-6-10-25(18-23)27-24-15-13-20(14-16-24)22-12-11-19-7-4-5-8-21(19)17-22/h4-18,27H,1-3H3. The largest absolute Gasteiger partial charge is 0.356 e. The number of rotatable bonds is 3. The SMILES string of the molecule is CC(C)(C)c1cccc(Nc2ccc(-c3ccc4ccccc4c3)cc2)c1. The first-order valence-electron chi connectivity index (χ1n) is 9.46. The van der Waals surface area contributed by atoms with Crippen LogP contribution >= 0.6 is 0 Å². The Morgan fingerprint density at radius 2 is 1.26 bits per heavy atom. The Kier molecular flexibility index (Phi) is 4.45. The second kappa shape index (κ2) is 6.92. The molecule has 4 aromatic rings. The van der Waals surface area contributed by atoms with Gasteiger partial charge in [0.25, 0.3) is 0 Å². The summed E-state index contributed by atoms with van der Waals surface area (Å²) in [4.78, 5) is 0. The van der Waals surface area contributed by atoms with Gasteiger partial charge in [-0.15, -0.1) is 0 Å². The van der Waals surface area contributed by atoms with E-state index >= 15 is 0 Å². The molecule has 0 aromatic heterocycles. The van der Waals surface area contributed by atoms with Crippen LogP contribution in [0.2, 0.25) is 0 Å². The zero-order valence-electron chi connectivity index (χ0n) is 16.2. The zero-order valence-corrected chi connectivity index (χ0v) is 16.2. The van der Waals surface area contributed by atoms with Gasteiger partial charge >= 0.3 is 0 Å². The second-order valence-electron chi connectivity index (χ2n) is 8.10. The molecule has 0 bridgehead atoms. The maximum atomic E-state index is 3.52. The number of benzene rings is 4. The average Bonchev–Trinajstić information content (AvgIpc) is 2.68. The van der Waals surface area contributed by atoms with E-state index < -0.39 is 0 Å². The number of hydrogen-bond donors (Lipinski definition) is 1. The molecular weight excluding hydrogens is 326 g/mol. The molecule has 1 N–H and O–H groups in total. The van der Waals surface area contributed by atoms with Gasteiger partial charge in [-0.2, -0.15) is 0 Å². The molecule has 0 heterocycles. The molecule has 0 spiro atoms. The summed E-state index contributed by atoms with van der Waals surface area (Å²) in [6, 6.07) is 32.4. The van der Waals surface area contributed by atoms with Crippen molar-refractivity contribution in [2.24, 2.45) is 0 Å². The lowest BCUT2D eigenvalue weighted by molar-refractivity contribution is 0.590. The van der Waals surface area contributed by atoms with E-state index in [4.69, 9.17) is 0 Å². The summed E-state index contributed by atoms with van der Waals surface area (Å²) >= 11 is 0. The molecule has 0 unspecified atom stereocenters. The van der Waals surface area contributed by atoms with Crippen molar-refractivity contribution < 1.29 is 0 Å². The molecule has 4 aromatic carbocycles. The van der Waals surface area contributed by atoms with Gasteiger partial charge in [0.2, 0.25) is 0 Å². The van der Waals surface area contributed by atoms with E-state index in [1.165, 1.54) is 27.5 Å². The van der Waals surface area contributed by atoms with Crippen LogP contribution in [0.15, 0.2) is 91.0 Å². The van der Waals surface area contributed by atoms with Crippen LogP contribution in [0, 0.1) is 0 Å². The highest BCUT2D eigenvalue weighted by atomic mass is 14.9. The molecule has 0 atom stereocenters. The summed E-state index contributed by atoms with van der Waals surface area (Å²) in [5.41, 5.74) is 6.19. The Morgan fingerprint density at radius 3 is 2.00 bits per heavy atom. The van der Waals surface area contributed by atoms with Gasteiger partial charge in [-0.3, -0.25) is 0 Å². The summed E-state index contributed by atoms with van der Waals surface area (Å²) in [6.45, 7) is 6.72. The normalized spacial score (nSPS) is 11.5. The van der Waals surface area contributed by atoms with Crippen molar-refractivity contribution in [2.45, 2.75) is 26.2 Å². The Balaban J connectivity index is 1.57. The predicted molar refractivity (Wildman–Crippen MR) is 118 cm³/mol. The minimum absolute atomic E-state index is 0.150. The Hall–Kier alpha value is -3.06. The Morgan fingerprint density at radius 1 is 0.556 bits per heavy atom. The van der Waals surface area contributed by atoms with E-state index in [1.807, 2.05) is 0 Å². The maximum absolute atomic E-state index is 3.52. The fraction of sp³-hybridized carbons (Fsp3) is 0.154. The van der Waals surface area contributed by atoms with Crippen LogP contribution in [0.1, 0.15) is 26.3 Å². The molecule has 0 fully saturated rings. The van der Waals surface area contributed by atoms with E-state index in [0.29, 0.717) is 0 Å². The quantitative estimate of drug-likeness (QED) is 0.402. The molecule has 1 nitrogen and oxygen atoms in total. The highest BCUT2D eigenvalue weighted by molar-refractivity contribution is 5.87. The van der Waals surface area contributed by atoms with Crippen LogP contribution < -0.4 is 5.32 Å². The van der Waals surface area contributed by atoms with Crippen molar-refractivity contribution in [3.8, 4) is 11.1 Å². The minimum Gasteiger partial charge on any atom is -0.356 e. The van der Waals surface area contributed by atoms with E-state index in [1.54, 1.807) is 0 Å². The summed E-state index contributed by atoms with van der Waals surface area (Å²) < 4.78 is 0. The number of anilines is 2. The molecule has 0 aliphatic heterocycles. The number of fused-ring (bicyclic) bond motifs is 1. The third kappa shape index (κ3) is 3.88. The molecule has 27 heavy (non-hydrogen) atoms. The zero-order chi connectivity index (χ0) is 18.9. The van der Waals surface area contributed by atoms with Gasteiger partial charge in [-0.1, -0.05) is 81.4 Å². The molecule has 0 amide bonds. The maximum Gasteiger partial charge on any atom is 0.0387 e. The lowest BCUT2D eigenvalue weighted by Crippen LogP contribution is -2.10. The Labute approximate surface area is 161 Å². The van der Waals surface area contributed by atoms with Crippen molar-refractivity contribution in [1.82, 2.24) is 0 Å². The van der Waals surface area contributed by atoms with Crippen LogP contribution in [0.5, 0.6) is 0 Å². The third-order valence-electron chi connectivity index (χ3n) is 4.98. The van der Waals surface area contributed by atoms with E-state index in [2.05, 4.69) is 117 Å². The molecule has 0 aliphatic carbocycles. The molecule has 0 radical (unpaired) electrons. The van der Waals surface area contributed by atoms with Crippen LogP contribution in [-0.2, 0) is 5.41 Å². The van der Waals surface area contributed by atoms with E-state index in [9.17, 15) is 0 Å². The van der Waals surface area contributed by atoms with Gasteiger partial charge in [-0.25, -0.2) is 0 Å². The number of nitrogens with one attached hydrogen (secondary N) is 1. The monoisotopic (exact) mass is 351 g/mol. The average molecular weight is 351 g/mol. The van der Waals surface area contributed by atoms with Crippen LogP contribution in [0.25, 0.3) is 21.9 Å². The van der Waals surface area contributed by atoms with Crippen molar-refractivity contribution >= 4 is 22.1 Å².